The van der Waals surface area contributed by atoms with Crippen molar-refractivity contribution < 1.29 is 32.3 Å². The van der Waals surface area contributed by atoms with Crippen LogP contribution in [0.15, 0.2) is 72.8 Å². The second kappa shape index (κ2) is 12.4. The number of nitrogens with one attached hydrogen (secondary N) is 2. The Labute approximate surface area is 253 Å². The van der Waals surface area contributed by atoms with E-state index < -0.39 is 23.7 Å². The van der Waals surface area contributed by atoms with Gasteiger partial charge in [0.2, 0.25) is 11.8 Å². The monoisotopic (exact) mass is 606 g/mol. The lowest BCUT2D eigenvalue weighted by Gasteiger charge is -2.39. The lowest BCUT2D eigenvalue weighted by Crippen LogP contribution is -2.54. The topological polar surface area (TPSA) is 91.0 Å². The van der Waals surface area contributed by atoms with Crippen LogP contribution >= 0.6 is 0 Å². The molecule has 44 heavy (non-hydrogen) atoms. The fraction of sp³-hybridized carbons (Fsp3) is 0.364. The number of hydrogen-bond donors (Lipinski definition) is 2. The molecule has 3 aromatic carbocycles. The average Bonchev–Trinajstić information content (AvgIpc) is 3.32. The summed E-state index contributed by atoms with van der Waals surface area (Å²) in [7, 11) is 0. The molecule has 2 N–H and O–H groups in total. The summed E-state index contributed by atoms with van der Waals surface area (Å²) in [4.78, 5) is 40.8. The number of carbonyl (C=O) groups excluding carboxylic acids is 3. The van der Waals surface area contributed by atoms with E-state index in [1.807, 2.05) is 36.4 Å². The molecule has 3 unspecified atom stereocenters. The summed E-state index contributed by atoms with van der Waals surface area (Å²) in [5, 5.41) is 5.94. The third kappa shape index (κ3) is 6.63. The van der Waals surface area contributed by atoms with Gasteiger partial charge in [-0.05, 0) is 59.9 Å². The number of alkyl halides is 3. The van der Waals surface area contributed by atoms with E-state index in [0.29, 0.717) is 37.4 Å². The molecule has 0 bridgehead atoms. The minimum Gasteiger partial charge on any atom is -0.487 e. The van der Waals surface area contributed by atoms with Crippen LogP contribution in [0.5, 0.6) is 5.75 Å². The predicted molar refractivity (Wildman–Crippen MR) is 155 cm³/mol. The van der Waals surface area contributed by atoms with E-state index in [2.05, 4.69) is 15.5 Å². The molecule has 3 amide bonds. The van der Waals surface area contributed by atoms with Crippen molar-refractivity contribution in [1.82, 2.24) is 20.4 Å². The largest absolute Gasteiger partial charge is 0.487 e. The summed E-state index contributed by atoms with van der Waals surface area (Å²) >= 11 is 0. The number of benzene rings is 3. The maximum atomic E-state index is 13.1. The van der Waals surface area contributed by atoms with Gasteiger partial charge in [-0.3, -0.25) is 24.6 Å². The highest BCUT2D eigenvalue weighted by atomic mass is 19.4. The molecule has 3 atom stereocenters. The first-order chi connectivity index (χ1) is 21.1. The molecule has 3 aromatic rings. The molecule has 0 aromatic heterocycles. The summed E-state index contributed by atoms with van der Waals surface area (Å²) in [6.07, 6.45) is -3.40. The molecule has 3 aliphatic heterocycles. The quantitative estimate of drug-likeness (QED) is 0.372. The number of imide groups is 1. The molecule has 3 heterocycles. The van der Waals surface area contributed by atoms with Crippen molar-refractivity contribution in [1.29, 1.82) is 0 Å². The Kier molecular flexibility index (Phi) is 8.42. The van der Waals surface area contributed by atoms with Crippen LogP contribution in [0.25, 0.3) is 0 Å². The lowest BCUT2D eigenvalue weighted by atomic mass is 10.00. The number of likely N-dealkylation sites (tertiary alicyclic amines) is 1. The predicted octanol–water partition coefficient (Wildman–Crippen LogP) is 4.28. The van der Waals surface area contributed by atoms with Crippen molar-refractivity contribution in [2.24, 2.45) is 0 Å². The van der Waals surface area contributed by atoms with Crippen LogP contribution in [0.1, 0.15) is 51.9 Å². The van der Waals surface area contributed by atoms with Gasteiger partial charge in [0.15, 0.2) is 0 Å². The van der Waals surface area contributed by atoms with Crippen molar-refractivity contribution in [2.45, 2.75) is 63.3 Å². The number of halogens is 3. The van der Waals surface area contributed by atoms with Gasteiger partial charge in [-0.2, -0.15) is 13.2 Å². The second-order valence-corrected chi connectivity index (χ2v) is 11.6. The van der Waals surface area contributed by atoms with E-state index >= 15 is 0 Å². The molecular formula is C33H33F3N4O4. The molecule has 0 saturated carbocycles. The van der Waals surface area contributed by atoms with Gasteiger partial charge in [0.1, 0.15) is 17.9 Å². The average molecular weight is 607 g/mol. The Bertz CT molecular complexity index is 1530. The van der Waals surface area contributed by atoms with Crippen molar-refractivity contribution in [3.8, 4) is 5.75 Å². The summed E-state index contributed by atoms with van der Waals surface area (Å²) in [5.41, 5.74) is 2.52. The van der Waals surface area contributed by atoms with Crippen LogP contribution in [0.4, 0.5) is 13.2 Å². The third-order valence-corrected chi connectivity index (χ3v) is 8.52. The zero-order valence-corrected chi connectivity index (χ0v) is 24.0. The van der Waals surface area contributed by atoms with Crippen molar-refractivity contribution in [3.63, 3.8) is 0 Å². The summed E-state index contributed by atoms with van der Waals surface area (Å²) in [6, 6.07) is 19.9. The SMILES string of the molecule is O=C1CCC(N2Cc3cc(OC4CN(Cc5ccc(C(F)(F)F)cc5)CCC4NCc4ccccc4)ccc3C2=O)C(=O)N1. The number of amides is 3. The first-order valence-electron chi connectivity index (χ1n) is 14.7. The number of nitrogens with zero attached hydrogens (tertiary/aromatic N) is 2. The van der Waals surface area contributed by atoms with E-state index in [1.165, 1.54) is 17.0 Å². The van der Waals surface area contributed by atoms with Crippen molar-refractivity contribution >= 4 is 17.7 Å². The van der Waals surface area contributed by atoms with Crippen LogP contribution in [0.2, 0.25) is 0 Å². The molecular weight excluding hydrogens is 573 g/mol. The van der Waals surface area contributed by atoms with Gasteiger partial charge >= 0.3 is 6.18 Å². The fourth-order valence-electron chi connectivity index (χ4n) is 6.18. The van der Waals surface area contributed by atoms with Crippen molar-refractivity contribution in [2.75, 3.05) is 13.1 Å². The minimum atomic E-state index is -4.38. The minimum absolute atomic E-state index is 0.00826. The summed E-state index contributed by atoms with van der Waals surface area (Å²) in [6.45, 7) is 2.68. The smallest absolute Gasteiger partial charge is 0.416 e. The first-order valence-corrected chi connectivity index (χ1v) is 14.7. The van der Waals surface area contributed by atoms with Gasteiger partial charge in [0.05, 0.1) is 5.56 Å². The molecule has 6 rings (SSSR count). The summed E-state index contributed by atoms with van der Waals surface area (Å²) < 4.78 is 45.7. The van der Waals surface area contributed by atoms with E-state index in [1.54, 1.807) is 12.1 Å². The molecule has 8 nitrogen and oxygen atoms in total. The lowest BCUT2D eigenvalue weighted by molar-refractivity contribution is -0.138. The van der Waals surface area contributed by atoms with E-state index in [4.69, 9.17) is 4.74 Å². The summed E-state index contributed by atoms with van der Waals surface area (Å²) in [5.74, 6) is -0.443. The number of fused-ring (bicyclic) bond motifs is 1. The normalized spacial score (nSPS) is 22.6. The number of rotatable bonds is 8. The second-order valence-electron chi connectivity index (χ2n) is 11.6. The maximum Gasteiger partial charge on any atom is 0.416 e. The Hall–Kier alpha value is -4.22. The molecule has 3 aliphatic rings. The zero-order chi connectivity index (χ0) is 30.8. The Morgan fingerprint density at radius 2 is 1.70 bits per heavy atom. The van der Waals surface area contributed by atoms with E-state index in [0.717, 1.165) is 41.8 Å². The van der Waals surface area contributed by atoms with Crippen LogP contribution in [-0.2, 0) is 35.4 Å². The standard InChI is InChI=1S/C33H33F3N4O4/c34-33(35,36)24-8-6-22(7-9-24)18-39-15-14-27(37-17-21-4-2-1-3-5-21)29(20-39)44-25-10-11-26-23(16-25)19-40(32(26)43)28-12-13-30(41)38-31(28)42/h1-11,16,27-29,37H,12-15,17-20H2,(H,38,41,42). The first kappa shape index (κ1) is 29.8. The Morgan fingerprint density at radius 3 is 2.43 bits per heavy atom. The highest BCUT2D eigenvalue weighted by Gasteiger charge is 2.39. The van der Waals surface area contributed by atoms with Crippen LogP contribution in [0.3, 0.4) is 0 Å². The van der Waals surface area contributed by atoms with E-state index in [9.17, 15) is 27.6 Å². The van der Waals surface area contributed by atoms with Crippen LogP contribution in [-0.4, -0.2) is 58.8 Å². The number of piperidine rings is 2. The maximum absolute atomic E-state index is 13.1. The molecule has 0 spiro atoms. The Balaban J connectivity index is 1.16. The van der Waals surface area contributed by atoms with Gasteiger partial charge in [0, 0.05) is 50.7 Å². The third-order valence-electron chi connectivity index (χ3n) is 8.52. The molecule has 11 heteroatoms. The number of carbonyl (C=O) groups is 3. The van der Waals surface area contributed by atoms with Gasteiger partial charge < -0.3 is 15.0 Å². The van der Waals surface area contributed by atoms with Gasteiger partial charge in [-0.1, -0.05) is 42.5 Å². The zero-order valence-electron chi connectivity index (χ0n) is 24.0. The highest BCUT2D eigenvalue weighted by molar-refractivity contribution is 6.05. The van der Waals surface area contributed by atoms with Crippen LogP contribution < -0.4 is 15.4 Å². The molecule has 0 radical (unpaired) electrons. The Morgan fingerprint density at radius 1 is 0.932 bits per heavy atom. The molecule has 0 aliphatic carbocycles. The van der Waals surface area contributed by atoms with Gasteiger partial charge in [-0.25, -0.2) is 0 Å². The van der Waals surface area contributed by atoms with Gasteiger partial charge in [-0.15, -0.1) is 0 Å². The molecule has 230 valence electrons. The number of ether oxygens (including phenoxy) is 1. The fourth-order valence-corrected chi connectivity index (χ4v) is 6.18. The van der Waals surface area contributed by atoms with Crippen molar-refractivity contribution in [3.05, 3.63) is 101 Å². The molecule has 2 fully saturated rings. The van der Waals surface area contributed by atoms with Crippen LogP contribution in [0, 0.1) is 0 Å². The highest BCUT2D eigenvalue weighted by Crippen LogP contribution is 2.32. The molecule has 2 saturated heterocycles. The van der Waals surface area contributed by atoms with Gasteiger partial charge in [0.25, 0.3) is 5.91 Å². The number of hydrogen-bond acceptors (Lipinski definition) is 6. The van der Waals surface area contributed by atoms with E-state index in [-0.39, 0.29) is 36.9 Å².